The Kier molecular flexibility index (Phi) is 5.49. The molecule has 1 heterocycles. The van der Waals surface area contributed by atoms with Crippen LogP contribution in [-0.4, -0.2) is 18.1 Å². The van der Waals surface area contributed by atoms with Crippen LogP contribution >= 0.6 is 0 Å². The number of nitrogens with zero attached hydrogens (tertiary/aromatic N) is 1. The molecule has 0 radical (unpaired) electrons. The number of carbonyl (C=O) groups is 1. The van der Waals surface area contributed by atoms with Crippen molar-refractivity contribution in [3.63, 3.8) is 0 Å². The molecule has 1 aromatic carbocycles. The maximum Gasteiger partial charge on any atom is 0.308 e. The average molecular weight is 300 g/mol. The first-order valence-corrected chi connectivity index (χ1v) is 7.09. The molecule has 2 N–H and O–H groups in total. The number of nitrogens with two attached hydrogens (primary N) is 1. The van der Waals surface area contributed by atoms with E-state index in [1.54, 1.807) is 25.6 Å². The molecule has 1 aromatic heterocycles. The molecule has 0 aliphatic rings. The second-order valence-corrected chi connectivity index (χ2v) is 5.00. The minimum atomic E-state index is -0.413. The number of rotatable bonds is 6. The summed E-state index contributed by atoms with van der Waals surface area (Å²) in [6.45, 7) is 1.83. The van der Waals surface area contributed by atoms with E-state index in [9.17, 15) is 4.79 Å². The molecule has 2 aromatic rings. The SMILES string of the molecule is COc1ccc([C@H](C)OC(=O)C[C@H](N)c2cccnc2)cc1. The molecule has 116 valence electrons. The van der Waals surface area contributed by atoms with Crippen LogP contribution in [0.5, 0.6) is 5.75 Å². The van der Waals surface area contributed by atoms with Crippen molar-refractivity contribution in [1.29, 1.82) is 0 Å². The van der Waals surface area contributed by atoms with Gasteiger partial charge in [-0.3, -0.25) is 9.78 Å². The third-order valence-corrected chi connectivity index (χ3v) is 3.39. The van der Waals surface area contributed by atoms with Crippen LogP contribution in [0.1, 0.15) is 36.6 Å². The Labute approximate surface area is 130 Å². The summed E-state index contributed by atoms with van der Waals surface area (Å²) in [4.78, 5) is 16.0. The first kappa shape index (κ1) is 16.0. The number of carbonyl (C=O) groups excluding carboxylic acids is 1. The molecule has 0 saturated carbocycles. The Bertz CT molecular complexity index is 599. The van der Waals surface area contributed by atoms with Crippen molar-refractivity contribution in [2.24, 2.45) is 5.73 Å². The summed E-state index contributed by atoms with van der Waals surface area (Å²) in [5.74, 6) is 0.431. The lowest BCUT2D eigenvalue weighted by Gasteiger charge is -2.16. The van der Waals surface area contributed by atoms with Gasteiger partial charge in [0, 0.05) is 18.4 Å². The molecule has 0 spiro atoms. The van der Waals surface area contributed by atoms with Gasteiger partial charge in [0.1, 0.15) is 11.9 Å². The minimum absolute atomic E-state index is 0.117. The predicted molar refractivity (Wildman–Crippen MR) is 83.3 cm³/mol. The van der Waals surface area contributed by atoms with E-state index in [1.807, 2.05) is 37.3 Å². The molecule has 5 heteroatoms. The summed E-state index contributed by atoms with van der Waals surface area (Å²) in [6.07, 6.45) is 3.11. The van der Waals surface area contributed by atoms with Gasteiger partial charge in [0.05, 0.1) is 13.5 Å². The van der Waals surface area contributed by atoms with Crippen molar-refractivity contribution < 1.29 is 14.3 Å². The summed E-state index contributed by atoms with van der Waals surface area (Å²) in [6, 6.07) is 10.6. The van der Waals surface area contributed by atoms with E-state index in [1.165, 1.54) is 0 Å². The lowest BCUT2D eigenvalue weighted by molar-refractivity contribution is -0.149. The summed E-state index contributed by atoms with van der Waals surface area (Å²) in [5.41, 5.74) is 7.71. The third kappa shape index (κ3) is 4.30. The fourth-order valence-electron chi connectivity index (χ4n) is 2.08. The highest BCUT2D eigenvalue weighted by Crippen LogP contribution is 2.22. The summed E-state index contributed by atoms with van der Waals surface area (Å²) in [7, 11) is 1.61. The van der Waals surface area contributed by atoms with E-state index in [-0.39, 0.29) is 18.5 Å². The first-order valence-electron chi connectivity index (χ1n) is 7.09. The topological polar surface area (TPSA) is 74.4 Å². The number of hydrogen-bond donors (Lipinski definition) is 1. The van der Waals surface area contributed by atoms with Crippen LogP contribution in [0, 0.1) is 0 Å². The van der Waals surface area contributed by atoms with Gasteiger partial charge in [-0.25, -0.2) is 0 Å². The van der Waals surface area contributed by atoms with Crippen molar-refractivity contribution in [1.82, 2.24) is 4.98 Å². The van der Waals surface area contributed by atoms with Crippen LogP contribution in [0.2, 0.25) is 0 Å². The molecular formula is C17H20N2O3. The van der Waals surface area contributed by atoms with E-state index in [0.717, 1.165) is 16.9 Å². The standard InChI is InChI=1S/C17H20N2O3/c1-12(13-5-7-15(21-2)8-6-13)22-17(20)10-16(18)14-4-3-9-19-11-14/h3-9,11-12,16H,10,18H2,1-2H3/t12-,16-/m0/s1. The highest BCUT2D eigenvalue weighted by atomic mass is 16.5. The summed E-state index contributed by atoms with van der Waals surface area (Å²) in [5, 5.41) is 0. The Balaban J connectivity index is 1.90. The van der Waals surface area contributed by atoms with Gasteiger partial charge in [-0.1, -0.05) is 18.2 Å². The number of hydrogen-bond acceptors (Lipinski definition) is 5. The molecule has 2 atom stereocenters. The Hall–Kier alpha value is -2.40. The molecule has 5 nitrogen and oxygen atoms in total. The largest absolute Gasteiger partial charge is 0.497 e. The molecule has 0 unspecified atom stereocenters. The second-order valence-electron chi connectivity index (χ2n) is 5.00. The molecule has 0 aliphatic carbocycles. The zero-order valence-corrected chi connectivity index (χ0v) is 12.7. The molecule has 0 amide bonds. The zero-order chi connectivity index (χ0) is 15.9. The van der Waals surface area contributed by atoms with Gasteiger partial charge < -0.3 is 15.2 Å². The number of esters is 1. The minimum Gasteiger partial charge on any atom is -0.497 e. The Morgan fingerprint density at radius 1 is 1.23 bits per heavy atom. The van der Waals surface area contributed by atoms with E-state index >= 15 is 0 Å². The van der Waals surface area contributed by atoms with Gasteiger partial charge in [0.15, 0.2) is 0 Å². The maximum atomic E-state index is 12.0. The fourth-order valence-corrected chi connectivity index (χ4v) is 2.08. The van der Waals surface area contributed by atoms with Crippen LogP contribution in [-0.2, 0) is 9.53 Å². The van der Waals surface area contributed by atoms with Gasteiger partial charge in [-0.15, -0.1) is 0 Å². The molecule has 0 bridgehead atoms. The van der Waals surface area contributed by atoms with Gasteiger partial charge in [-0.2, -0.15) is 0 Å². The van der Waals surface area contributed by atoms with Crippen LogP contribution in [0.25, 0.3) is 0 Å². The first-order chi connectivity index (χ1) is 10.6. The van der Waals surface area contributed by atoms with E-state index in [2.05, 4.69) is 4.98 Å². The van der Waals surface area contributed by atoms with E-state index in [4.69, 9.17) is 15.2 Å². The molecular weight excluding hydrogens is 280 g/mol. The normalized spacial score (nSPS) is 13.2. The highest BCUT2D eigenvalue weighted by molar-refractivity contribution is 5.70. The van der Waals surface area contributed by atoms with Gasteiger partial charge >= 0.3 is 5.97 Å². The molecule has 0 aliphatic heterocycles. The molecule has 22 heavy (non-hydrogen) atoms. The number of aromatic nitrogens is 1. The second kappa shape index (κ2) is 7.56. The van der Waals surface area contributed by atoms with Crippen molar-refractivity contribution in [3.8, 4) is 5.75 Å². The van der Waals surface area contributed by atoms with Crippen LogP contribution in [0.15, 0.2) is 48.8 Å². The van der Waals surface area contributed by atoms with E-state index < -0.39 is 6.04 Å². The fraction of sp³-hybridized carbons (Fsp3) is 0.294. The monoisotopic (exact) mass is 300 g/mol. The number of pyridine rings is 1. The van der Waals surface area contributed by atoms with Gasteiger partial charge in [0.2, 0.25) is 0 Å². The molecule has 2 rings (SSSR count). The van der Waals surface area contributed by atoms with Crippen LogP contribution in [0.3, 0.4) is 0 Å². The molecule has 0 saturated heterocycles. The number of methoxy groups -OCH3 is 1. The third-order valence-electron chi connectivity index (χ3n) is 3.39. The summed E-state index contributed by atoms with van der Waals surface area (Å²) < 4.78 is 10.5. The highest BCUT2D eigenvalue weighted by Gasteiger charge is 2.16. The Morgan fingerprint density at radius 2 is 1.95 bits per heavy atom. The quantitative estimate of drug-likeness (QED) is 0.830. The van der Waals surface area contributed by atoms with Gasteiger partial charge in [-0.05, 0) is 36.2 Å². The van der Waals surface area contributed by atoms with Crippen molar-refractivity contribution >= 4 is 5.97 Å². The number of ether oxygens (including phenoxy) is 2. The number of benzene rings is 1. The lowest BCUT2D eigenvalue weighted by Crippen LogP contribution is -2.18. The maximum absolute atomic E-state index is 12.0. The van der Waals surface area contributed by atoms with E-state index in [0.29, 0.717) is 0 Å². The van der Waals surface area contributed by atoms with Gasteiger partial charge in [0.25, 0.3) is 0 Å². The molecule has 0 fully saturated rings. The van der Waals surface area contributed by atoms with Crippen LogP contribution in [0.4, 0.5) is 0 Å². The van der Waals surface area contributed by atoms with Crippen molar-refractivity contribution in [3.05, 3.63) is 59.9 Å². The smallest absolute Gasteiger partial charge is 0.308 e. The average Bonchev–Trinajstić information content (AvgIpc) is 2.55. The van der Waals surface area contributed by atoms with Crippen molar-refractivity contribution in [2.75, 3.05) is 7.11 Å². The zero-order valence-electron chi connectivity index (χ0n) is 12.7. The van der Waals surface area contributed by atoms with Crippen LogP contribution < -0.4 is 10.5 Å². The predicted octanol–water partition coefficient (Wildman–Crippen LogP) is 2.78. The lowest BCUT2D eigenvalue weighted by atomic mass is 10.1. The Morgan fingerprint density at radius 3 is 2.55 bits per heavy atom. The summed E-state index contributed by atoms with van der Waals surface area (Å²) >= 11 is 0. The van der Waals surface area contributed by atoms with Crippen molar-refractivity contribution in [2.45, 2.75) is 25.5 Å².